The van der Waals surface area contributed by atoms with Gasteiger partial charge >= 0.3 is 0 Å². The summed E-state index contributed by atoms with van der Waals surface area (Å²) in [7, 11) is 1.97. The molecule has 0 aliphatic heterocycles. The van der Waals surface area contributed by atoms with E-state index in [1.807, 2.05) is 13.1 Å². The van der Waals surface area contributed by atoms with Crippen LogP contribution >= 0.6 is 43.6 Å². The summed E-state index contributed by atoms with van der Waals surface area (Å²) in [6.07, 6.45) is 0. The van der Waals surface area contributed by atoms with Gasteiger partial charge in [0.2, 0.25) is 0 Å². The molecule has 0 aromatic heterocycles. The fourth-order valence-electron chi connectivity index (χ4n) is 1.73. The summed E-state index contributed by atoms with van der Waals surface area (Å²) in [6, 6.07) is 15.1. The Hall–Kier alpha value is -0.290. The van der Waals surface area contributed by atoms with Crippen LogP contribution < -0.4 is 5.32 Å². The highest BCUT2D eigenvalue weighted by atomic mass is 79.9. The molecule has 2 aromatic rings. The van der Waals surface area contributed by atoms with E-state index in [0.29, 0.717) is 6.04 Å². The zero-order valence-corrected chi connectivity index (χ0v) is 14.8. The largest absolute Gasteiger partial charge is 0.313 e. The average Bonchev–Trinajstić information content (AvgIpc) is 2.41. The molecule has 1 atom stereocenters. The van der Waals surface area contributed by atoms with Gasteiger partial charge in [-0.2, -0.15) is 0 Å². The SMILES string of the molecule is CNC(C)c1ccc(Sc2ccccc2Br)cc1Br. The fraction of sp³-hybridized carbons (Fsp3) is 0.200. The topological polar surface area (TPSA) is 12.0 Å². The summed E-state index contributed by atoms with van der Waals surface area (Å²) in [4.78, 5) is 2.45. The van der Waals surface area contributed by atoms with Gasteiger partial charge in [0.15, 0.2) is 0 Å². The molecule has 0 saturated heterocycles. The van der Waals surface area contributed by atoms with E-state index in [-0.39, 0.29) is 0 Å². The van der Waals surface area contributed by atoms with E-state index >= 15 is 0 Å². The highest BCUT2D eigenvalue weighted by Gasteiger charge is 2.09. The summed E-state index contributed by atoms with van der Waals surface area (Å²) in [5.74, 6) is 0. The lowest BCUT2D eigenvalue weighted by molar-refractivity contribution is 0.649. The van der Waals surface area contributed by atoms with Crippen molar-refractivity contribution in [1.29, 1.82) is 0 Å². The Morgan fingerprint density at radius 1 is 1.05 bits per heavy atom. The predicted octanol–water partition coefficient (Wildman–Crippen LogP) is 5.64. The summed E-state index contributed by atoms with van der Waals surface area (Å²) >= 11 is 8.99. The molecule has 1 N–H and O–H groups in total. The van der Waals surface area contributed by atoms with Crippen LogP contribution in [0.5, 0.6) is 0 Å². The summed E-state index contributed by atoms with van der Waals surface area (Å²) < 4.78 is 2.27. The highest BCUT2D eigenvalue weighted by molar-refractivity contribution is 9.10. The number of nitrogens with one attached hydrogen (secondary N) is 1. The molecule has 1 unspecified atom stereocenters. The van der Waals surface area contributed by atoms with Crippen molar-refractivity contribution in [3.05, 3.63) is 57.0 Å². The second-order valence-electron chi connectivity index (χ2n) is 4.23. The quantitative estimate of drug-likeness (QED) is 0.712. The lowest BCUT2D eigenvalue weighted by Gasteiger charge is -2.14. The van der Waals surface area contributed by atoms with Gasteiger partial charge in [0.05, 0.1) is 0 Å². The summed E-state index contributed by atoms with van der Waals surface area (Å²) in [5.41, 5.74) is 1.28. The van der Waals surface area contributed by atoms with Gasteiger partial charge in [-0.25, -0.2) is 0 Å². The Labute approximate surface area is 135 Å². The van der Waals surface area contributed by atoms with Crippen LogP contribution in [0.4, 0.5) is 0 Å². The molecule has 2 rings (SSSR count). The van der Waals surface area contributed by atoms with Gasteiger partial charge in [-0.05, 0) is 59.7 Å². The van der Waals surface area contributed by atoms with Crippen LogP contribution in [-0.2, 0) is 0 Å². The van der Waals surface area contributed by atoms with Crippen LogP contribution in [0.25, 0.3) is 0 Å². The predicted molar refractivity (Wildman–Crippen MR) is 89.9 cm³/mol. The number of halogens is 2. The van der Waals surface area contributed by atoms with E-state index in [1.54, 1.807) is 11.8 Å². The van der Waals surface area contributed by atoms with Crippen LogP contribution in [-0.4, -0.2) is 7.05 Å². The molecule has 1 nitrogen and oxygen atoms in total. The van der Waals surface area contributed by atoms with Crippen molar-refractivity contribution in [3.63, 3.8) is 0 Å². The monoisotopic (exact) mass is 399 g/mol. The van der Waals surface area contributed by atoms with Crippen molar-refractivity contribution >= 4 is 43.6 Å². The first-order valence-corrected chi connectivity index (χ1v) is 8.41. The van der Waals surface area contributed by atoms with E-state index in [1.165, 1.54) is 15.4 Å². The van der Waals surface area contributed by atoms with Crippen molar-refractivity contribution in [2.75, 3.05) is 7.05 Å². The minimum Gasteiger partial charge on any atom is -0.313 e. The molecule has 0 spiro atoms. The van der Waals surface area contributed by atoms with Gasteiger partial charge < -0.3 is 5.32 Å². The molecule has 19 heavy (non-hydrogen) atoms. The molecule has 0 fully saturated rings. The fourth-order valence-corrected chi connectivity index (χ4v) is 4.01. The maximum atomic E-state index is 3.66. The highest BCUT2D eigenvalue weighted by Crippen LogP contribution is 2.36. The molecule has 0 radical (unpaired) electrons. The third kappa shape index (κ3) is 3.85. The molecular formula is C15H15Br2NS. The number of rotatable bonds is 4. The smallest absolute Gasteiger partial charge is 0.0314 e. The first kappa shape index (κ1) is 15.1. The van der Waals surface area contributed by atoms with E-state index in [4.69, 9.17) is 0 Å². The molecule has 0 bridgehead atoms. The molecule has 0 heterocycles. The third-order valence-electron chi connectivity index (χ3n) is 2.94. The number of hydrogen-bond acceptors (Lipinski definition) is 2. The Bertz CT molecular complexity index is 572. The van der Waals surface area contributed by atoms with E-state index in [2.05, 4.69) is 80.5 Å². The maximum Gasteiger partial charge on any atom is 0.0314 e. The lowest BCUT2D eigenvalue weighted by Crippen LogP contribution is -2.12. The second kappa shape index (κ2) is 6.93. The third-order valence-corrected chi connectivity index (χ3v) is 5.64. The minimum atomic E-state index is 0.344. The van der Waals surface area contributed by atoms with Crippen molar-refractivity contribution in [1.82, 2.24) is 5.32 Å². The van der Waals surface area contributed by atoms with Crippen molar-refractivity contribution in [2.24, 2.45) is 0 Å². The molecule has 0 amide bonds. The molecule has 0 saturated carbocycles. The van der Waals surface area contributed by atoms with Gasteiger partial charge in [-0.1, -0.05) is 45.9 Å². The van der Waals surface area contributed by atoms with E-state index in [0.717, 1.165) is 8.95 Å². The van der Waals surface area contributed by atoms with Gasteiger partial charge in [0, 0.05) is 24.8 Å². The van der Waals surface area contributed by atoms with Crippen molar-refractivity contribution in [3.8, 4) is 0 Å². The Balaban J connectivity index is 2.24. The van der Waals surface area contributed by atoms with Gasteiger partial charge in [0.25, 0.3) is 0 Å². The average molecular weight is 401 g/mol. The molecule has 0 aliphatic rings. The molecule has 100 valence electrons. The Morgan fingerprint density at radius 2 is 1.79 bits per heavy atom. The van der Waals surface area contributed by atoms with Crippen LogP contribution in [0.3, 0.4) is 0 Å². The normalized spacial score (nSPS) is 12.4. The van der Waals surface area contributed by atoms with Crippen LogP contribution in [0.2, 0.25) is 0 Å². The molecular weight excluding hydrogens is 386 g/mol. The first-order valence-electron chi connectivity index (χ1n) is 6.01. The Kier molecular flexibility index (Phi) is 5.51. The van der Waals surface area contributed by atoms with E-state index < -0.39 is 0 Å². The number of benzene rings is 2. The van der Waals surface area contributed by atoms with Crippen molar-refractivity contribution < 1.29 is 0 Å². The zero-order valence-electron chi connectivity index (χ0n) is 10.8. The maximum absolute atomic E-state index is 3.66. The summed E-state index contributed by atoms with van der Waals surface area (Å²) in [6.45, 7) is 2.15. The number of hydrogen-bond donors (Lipinski definition) is 1. The molecule has 4 heteroatoms. The van der Waals surface area contributed by atoms with Crippen molar-refractivity contribution in [2.45, 2.75) is 22.8 Å². The second-order valence-corrected chi connectivity index (χ2v) is 7.05. The van der Waals surface area contributed by atoms with Gasteiger partial charge in [0.1, 0.15) is 0 Å². The van der Waals surface area contributed by atoms with Crippen LogP contribution in [0, 0.1) is 0 Å². The van der Waals surface area contributed by atoms with Crippen LogP contribution in [0.1, 0.15) is 18.5 Å². The summed E-state index contributed by atoms with van der Waals surface area (Å²) in [5, 5.41) is 3.26. The lowest BCUT2D eigenvalue weighted by atomic mass is 10.1. The molecule has 0 aliphatic carbocycles. The molecule has 2 aromatic carbocycles. The van der Waals surface area contributed by atoms with Gasteiger partial charge in [-0.15, -0.1) is 0 Å². The minimum absolute atomic E-state index is 0.344. The van der Waals surface area contributed by atoms with Gasteiger partial charge in [-0.3, -0.25) is 0 Å². The van der Waals surface area contributed by atoms with E-state index in [9.17, 15) is 0 Å². The zero-order chi connectivity index (χ0) is 13.8. The van der Waals surface area contributed by atoms with Crippen LogP contribution in [0.15, 0.2) is 61.2 Å². The standard InChI is InChI=1S/C15H15Br2NS/c1-10(18-2)12-8-7-11(9-14(12)17)19-15-6-4-3-5-13(15)16/h3-10,18H,1-2H3. The Morgan fingerprint density at radius 3 is 2.42 bits per heavy atom. The first-order chi connectivity index (χ1) is 9.11.